The number of nitrogens with zero attached hydrogens (tertiary/aromatic N) is 2. The summed E-state index contributed by atoms with van der Waals surface area (Å²) in [6.07, 6.45) is -3.28. The maximum atomic E-state index is 13.9. The van der Waals surface area contributed by atoms with Crippen LogP contribution in [0.3, 0.4) is 0 Å². The fourth-order valence-electron chi connectivity index (χ4n) is 3.10. The number of nitro benzene ring substituents is 1. The molecule has 11 heteroatoms. The molecule has 0 bridgehead atoms. The van der Waals surface area contributed by atoms with Crippen molar-refractivity contribution >= 4 is 21.8 Å². The summed E-state index contributed by atoms with van der Waals surface area (Å²) in [5, 5.41) is 24.9. The maximum Gasteiger partial charge on any atom is 0.407 e. The number of nitro groups is 1. The summed E-state index contributed by atoms with van der Waals surface area (Å²) in [4.78, 5) is 22.1. The fraction of sp³-hybridized carbons (Fsp3) is 0.480. The zero-order chi connectivity index (χ0) is 34.8. The summed E-state index contributed by atoms with van der Waals surface area (Å²) in [7, 11) is -5.35. The molecule has 0 aliphatic rings. The van der Waals surface area contributed by atoms with Gasteiger partial charge in [-0.05, 0) is 50.8 Å². The summed E-state index contributed by atoms with van der Waals surface area (Å²) in [6.45, 7) is -8.69. The van der Waals surface area contributed by atoms with Crippen molar-refractivity contribution in [2.45, 2.75) is 63.5 Å². The average molecular weight is 531 g/mol. The van der Waals surface area contributed by atoms with Crippen LogP contribution >= 0.6 is 0 Å². The van der Waals surface area contributed by atoms with Crippen molar-refractivity contribution in [3.8, 4) is 0 Å². The molecule has 2 atom stereocenters. The van der Waals surface area contributed by atoms with Crippen LogP contribution in [0.2, 0.25) is 0 Å². The first kappa shape index (κ1) is 18.3. The first-order valence-corrected chi connectivity index (χ1v) is 12.2. The lowest BCUT2D eigenvalue weighted by atomic mass is 10.0. The quantitative estimate of drug-likeness (QED) is 0.333. The maximum absolute atomic E-state index is 13.9. The second-order valence-corrected chi connectivity index (χ2v) is 10.6. The van der Waals surface area contributed by atoms with Crippen molar-refractivity contribution in [1.29, 1.82) is 0 Å². The Morgan fingerprint density at radius 1 is 1.22 bits per heavy atom. The molecular formula is C25H35N3O7S. The molecule has 0 spiro atoms. The highest BCUT2D eigenvalue weighted by Gasteiger charge is 2.32. The van der Waals surface area contributed by atoms with Crippen LogP contribution < -0.4 is 5.32 Å². The Balaban J connectivity index is 2.76. The molecule has 0 radical (unpaired) electrons. The largest absolute Gasteiger partial charge is 0.444 e. The minimum atomic E-state index is -5.35. The lowest BCUT2D eigenvalue weighted by molar-refractivity contribution is -0.384. The van der Waals surface area contributed by atoms with Gasteiger partial charge in [-0.1, -0.05) is 44.0 Å². The van der Waals surface area contributed by atoms with Crippen molar-refractivity contribution in [2.24, 2.45) is 5.89 Å². The molecule has 0 aliphatic carbocycles. The van der Waals surface area contributed by atoms with E-state index < -0.39 is 82.0 Å². The molecule has 0 saturated carbocycles. The number of hydrogen-bond donors (Lipinski definition) is 2. The van der Waals surface area contributed by atoms with Crippen LogP contribution in [0.4, 0.5) is 10.5 Å². The predicted octanol–water partition coefficient (Wildman–Crippen LogP) is 3.74. The van der Waals surface area contributed by atoms with E-state index in [9.17, 15) is 28.4 Å². The van der Waals surface area contributed by atoms with Gasteiger partial charge in [-0.15, -0.1) is 0 Å². The van der Waals surface area contributed by atoms with E-state index in [0.717, 1.165) is 12.1 Å². The van der Waals surface area contributed by atoms with Crippen LogP contribution in [-0.4, -0.2) is 59.6 Å². The minimum absolute atomic E-state index is 0.180. The van der Waals surface area contributed by atoms with Crippen molar-refractivity contribution < 1.29 is 40.3 Å². The molecule has 36 heavy (non-hydrogen) atoms. The Morgan fingerprint density at radius 3 is 2.36 bits per heavy atom. The van der Waals surface area contributed by atoms with Gasteiger partial charge in [0.25, 0.3) is 5.69 Å². The lowest BCUT2D eigenvalue weighted by Crippen LogP contribution is -2.51. The van der Waals surface area contributed by atoms with Gasteiger partial charge >= 0.3 is 6.09 Å². The van der Waals surface area contributed by atoms with Gasteiger partial charge in [0.05, 0.1) is 22.0 Å². The van der Waals surface area contributed by atoms with Crippen LogP contribution in [0.25, 0.3) is 0 Å². The van der Waals surface area contributed by atoms with Gasteiger partial charge in [-0.25, -0.2) is 13.2 Å². The molecule has 0 unspecified atom stereocenters. The molecule has 2 aromatic rings. The van der Waals surface area contributed by atoms with Crippen molar-refractivity contribution in [3.63, 3.8) is 0 Å². The SMILES string of the molecule is [2H]C([2H])([2H])C([2H])(C([2H])([2H])[2H])C([2H])([2H])N(C[C@@H](O)[C@H](Cc1ccccc1)NC(=O)OC(C)(C)C)S(=O)(=O)c1ccc([N+](=O)[O-])cc1. The zero-order valence-corrected chi connectivity index (χ0v) is 20.8. The second-order valence-electron chi connectivity index (χ2n) is 8.78. The molecule has 198 valence electrons. The number of carbonyl (C=O) groups is 1. The molecule has 2 N–H and O–H groups in total. The highest BCUT2D eigenvalue weighted by molar-refractivity contribution is 7.89. The summed E-state index contributed by atoms with van der Waals surface area (Å²) in [5.41, 5.74) is -1.03. The molecule has 2 rings (SSSR count). The van der Waals surface area contributed by atoms with Gasteiger partial charge in [0.2, 0.25) is 10.0 Å². The van der Waals surface area contributed by atoms with E-state index in [1.54, 1.807) is 51.1 Å². The van der Waals surface area contributed by atoms with E-state index >= 15 is 0 Å². The Hall–Kier alpha value is -3.02. The van der Waals surface area contributed by atoms with E-state index in [1.807, 2.05) is 0 Å². The molecule has 2 aromatic carbocycles. The summed E-state index contributed by atoms with van der Waals surface area (Å²) in [5.74, 6) is -4.12. The molecule has 0 saturated heterocycles. The topological polar surface area (TPSA) is 139 Å². The Labute approximate surface area is 225 Å². The van der Waals surface area contributed by atoms with E-state index in [-0.39, 0.29) is 10.7 Å². The zero-order valence-electron chi connectivity index (χ0n) is 29.0. The van der Waals surface area contributed by atoms with E-state index in [1.165, 1.54) is 0 Å². The Kier molecular flexibility index (Phi) is 6.23. The number of alkyl carbamates (subject to hydrolysis) is 1. The number of rotatable bonds is 11. The van der Waals surface area contributed by atoms with Crippen molar-refractivity contribution in [1.82, 2.24) is 9.62 Å². The molecule has 0 aromatic heterocycles. The highest BCUT2D eigenvalue weighted by Crippen LogP contribution is 2.22. The van der Waals surface area contributed by atoms with Crippen molar-refractivity contribution in [3.05, 3.63) is 70.3 Å². The number of carbonyl (C=O) groups excluding carboxylic acids is 1. The Morgan fingerprint density at radius 2 is 1.83 bits per heavy atom. The van der Waals surface area contributed by atoms with Crippen molar-refractivity contribution in [2.75, 3.05) is 13.0 Å². The molecular weight excluding hydrogens is 486 g/mol. The van der Waals surface area contributed by atoms with E-state index in [0.29, 0.717) is 17.7 Å². The van der Waals surface area contributed by atoms with Gasteiger partial charge < -0.3 is 15.2 Å². The smallest absolute Gasteiger partial charge is 0.407 e. The number of hydrogen-bond acceptors (Lipinski definition) is 7. The number of aliphatic hydroxyl groups is 1. The third kappa shape index (κ3) is 8.89. The lowest BCUT2D eigenvalue weighted by Gasteiger charge is -2.31. The van der Waals surface area contributed by atoms with Crippen LogP contribution in [0.15, 0.2) is 59.5 Å². The summed E-state index contributed by atoms with van der Waals surface area (Å²) >= 11 is 0. The second kappa shape index (κ2) is 12.3. The minimum Gasteiger partial charge on any atom is -0.444 e. The van der Waals surface area contributed by atoms with Gasteiger partial charge in [0, 0.05) is 37.5 Å². The van der Waals surface area contributed by atoms with Crippen LogP contribution in [0.1, 0.15) is 52.4 Å². The van der Waals surface area contributed by atoms with E-state index in [2.05, 4.69) is 5.32 Å². The standard InChI is InChI=1S/C25H35N3O7S/c1-18(2)16-27(36(33,34)21-13-11-20(12-14-21)28(31)32)17-23(29)22(15-19-9-7-6-8-10-19)26-24(30)35-25(3,4)5/h6-14,18,22-23,29H,15-17H2,1-5H3,(H,26,30)/t22-,23+/m0/s1/i1D3,2D3,16D2,18D. The van der Waals surface area contributed by atoms with Crippen LogP contribution in [-0.2, 0) is 21.2 Å². The van der Waals surface area contributed by atoms with E-state index in [4.69, 9.17) is 17.1 Å². The van der Waals surface area contributed by atoms with Gasteiger partial charge in [-0.3, -0.25) is 10.1 Å². The molecule has 1 amide bonds. The number of ether oxygens (including phenoxy) is 1. The number of aliphatic hydroxyl groups excluding tert-OH is 1. The fourth-order valence-corrected chi connectivity index (χ4v) is 4.40. The molecule has 0 fully saturated rings. The first-order chi connectivity index (χ1) is 20.3. The highest BCUT2D eigenvalue weighted by atomic mass is 32.2. The third-order valence-electron chi connectivity index (χ3n) is 4.69. The molecule has 10 nitrogen and oxygen atoms in total. The Bertz CT molecular complexity index is 1430. The normalized spacial score (nSPS) is 19.0. The van der Waals surface area contributed by atoms with Crippen LogP contribution in [0, 0.1) is 16.0 Å². The van der Waals surface area contributed by atoms with Crippen LogP contribution in [0.5, 0.6) is 0 Å². The monoisotopic (exact) mass is 530 g/mol. The third-order valence-corrected chi connectivity index (χ3v) is 6.38. The summed E-state index contributed by atoms with van der Waals surface area (Å²) < 4.78 is 105. The molecule has 0 heterocycles. The molecule has 0 aliphatic heterocycles. The number of benzene rings is 2. The number of amides is 1. The van der Waals surface area contributed by atoms with Gasteiger partial charge in [0.1, 0.15) is 5.60 Å². The summed E-state index contributed by atoms with van der Waals surface area (Å²) in [6, 6.07) is 9.70. The predicted molar refractivity (Wildman–Crippen MR) is 136 cm³/mol. The first-order valence-electron chi connectivity index (χ1n) is 15.2. The van der Waals surface area contributed by atoms with Gasteiger partial charge in [0.15, 0.2) is 0 Å². The number of sulfonamides is 1. The number of non-ortho nitro benzene ring substituents is 1. The number of nitrogens with one attached hydrogen (secondary N) is 1. The van der Waals surface area contributed by atoms with Gasteiger partial charge in [-0.2, -0.15) is 4.31 Å². The average Bonchev–Trinajstić information content (AvgIpc) is 2.88.